The fourth-order valence-electron chi connectivity index (χ4n) is 2.95. The van der Waals surface area contributed by atoms with E-state index >= 15 is 0 Å². The monoisotopic (exact) mass is 254 g/mol. The number of amides is 1. The van der Waals surface area contributed by atoms with Gasteiger partial charge >= 0.3 is 5.97 Å². The van der Waals surface area contributed by atoms with E-state index in [4.69, 9.17) is 5.11 Å². The standard InChI is InChI=1S/C13H22N2O3/c16-12-8-14-7-10(13(17)18)9-15(12)11-5-3-1-2-4-6-11/h10-11,14H,1-9H2,(H,17,18). The van der Waals surface area contributed by atoms with E-state index < -0.39 is 11.9 Å². The Morgan fingerprint density at radius 2 is 1.89 bits per heavy atom. The van der Waals surface area contributed by atoms with Crippen LogP contribution >= 0.6 is 0 Å². The molecule has 0 bridgehead atoms. The average Bonchev–Trinajstić information content (AvgIpc) is 2.69. The molecule has 2 rings (SSSR count). The summed E-state index contributed by atoms with van der Waals surface area (Å²) in [5.41, 5.74) is 0. The van der Waals surface area contributed by atoms with Crippen LogP contribution in [-0.2, 0) is 9.59 Å². The zero-order valence-electron chi connectivity index (χ0n) is 10.7. The van der Waals surface area contributed by atoms with E-state index in [1.807, 2.05) is 4.90 Å². The van der Waals surface area contributed by atoms with Crippen LogP contribution in [-0.4, -0.2) is 47.6 Å². The van der Waals surface area contributed by atoms with Gasteiger partial charge in [0.05, 0.1) is 12.5 Å². The van der Waals surface area contributed by atoms with Gasteiger partial charge in [-0.05, 0) is 12.8 Å². The largest absolute Gasteiger partial charge is 0.481 e. The van der Waals surface area contributed by atoms with Crippen molar-refractivity contribution in [2.75, 3.05) is 19.6 Å². The van der Waals surface area contributed by atoms with Gasteiger partial charge in [-0.1, -0.05) is 25.7 Å². The lowest BCUT2D eigenvalue weighted by Gasteiger charge is -2.31. The second-order valence-electron chi connectivity index (χ2n) is 5.36. The highest BCUT2D eigenvalue weighted by Gasteiger charge is 2.31. The molecule has 1 heterocycles. The summed E-state index contributed by atoms with van der Waals surface area (Å²) in [6.07, 6.45) is 6.83. The van der Waals surface area contributed by atoms with E-state index in [9.17, 15) is 9.59 Å². The number of carbonyl (C=O) groups excluding carboxylic acids is 1. The molecule has 1 amide bonds. The SMILES string of the molecule is O=C(O)C1CNCC(=O)N(C2CCCCCC2)C1. The van der Waals surface area contributed by atoms with Crippen molar-refractivity contribution >= 4 is 11.9 Å². The molecule has 5 nitrogen and oxygen atoms in total. The van der Waals surface area contributed by atoms with Gasteiger partial charge in [-0.15, -0.1) is 0 Å². The summed E-state index contributed by atoms with van der Waals surface area (Å²) in [6.45, 7) is 1.04. The number of aliphatic carboxylic acids is 1. The van der Waals surface area contributed by atoms with Crippen molar-refractivity contribution in [2.24, 2.45) is 5.92 Å². The van der Waals surface area contributed by atoms with Crippen LogP contribution in [0.4, 0.5) is 0 Å². The number of hydrogen-bond donors (Lipinski definition) is 2. The van der Waals surface area contributed by atoms with Gasteiger partial charge < -0.3 is 15.3 Å². The number of carboxylic acid groups (broad SMARTS) is 1. The topological polar surface area (TPSA) is 69.6 Å². The number of hydrogen-bond acceptors (Lipinski definition) is 3. The first-order valence-corrected chi connectivity index (χ1v) is 6.91. The number of nitrogens with zero attached hydrogens (tertiary/aromatic N) is 1. The van der Waals surface area contributed by atoms with Crippen molar-refractivity contribution in [1.82, 2.24) is 10.2 Å². The molecular weight excluding hydrogens is 232 g/mol. The first-order valence-electron chi connectivity index (χ1n) is 6.91. The van der Waals surface area contributed by atoms with Crippen LogP contribution in [0, 0.1) is 5.92 Å². The van der Waals surface area contributed by atoms with Crippen molar-refractivity contribution in [3.05, 3.63) is 0 Å². The molecule has 1 saturated carbocycles. The second kappa shape index (κ2) is 6.18. The first kappa shape index (κ1) is 13.3. The molecule has 1 aliphatic heterocycles. The van der Waals surface area contributed by atoms with Gasteiger partial charge in [-0.2, -0.15) is 0 Å². The van der Waals surface area contributed by atoms with Crippen LogP contribution in [0.3, 0.4) is 0 Å². The van der Waals surface area contributed by atoms with Gasteiger partial charge in [0.1, 0.15) is 0 Å². The smallest absolute Gasteiger partial charge is 0.309 e. The highest BCUT2D eigenvalue weighted by molar-refractivity contribution is 5.80. The summed E-state index contributed by atoms with van der Waals surface area (Å²) < 4.78 is 0. The molecule has 0 radical (unpaired) electrons. The number of carboxylic acids is 1. The molecule has 0 aromatic rings. The van der Waals surface area contributed by atoms with E-state index in [0.29, 0.717) is 13.1 Å². The molecule has 0 aromatic carbocycles. The maximum absolute atomic E-state index is 12.1. The predicted octanol–water partition coefficient (Wildman–Crippen LogP) is 0.842. The van der Waals surface area contributed by atoms with E-state index in [0.717, 1.165) is 25.7 Å². The maximum Gasteiger partial charge on any atom is 0.309 e. The Morgan fingerprint density at radius 1 is 1.22 bits per heavy atom. The molecule has 2 aliphatic rings. The molecule has 1 atom stereocenters. The van der Waals surface area contributed by atoms with Crippen molar-refractivity contribution in [1.29, 1.82) is 0 Å². The van der Waals surface area contributed by atoms with Gasteiger partial charge in [0, 0.05) is 19.1 Å². The minimum absolute atomic E-state index is 0.0608. The summed E-state index contributed by atoms with van der Waals surface area (Å²) in [5.74, 6) is -1.22. The Morgan fingerprint density at radius 3 is 2.50 bits per heavy atom. The molecule has 18 heavy (non-hydrogen) atoms. The normalized spacial score (nSPS) is 27.7. The van der Waals surface area contributed by atoms with Crippen molar-refractivity contribution in [3.63, 3.8) is 0 Å². The average molecular weight is 254 g/mol. The third kappa shape index (κ3) is 3.22. The quantitative estimate of drug-likeness (QED) is 0.717. The molecule has 0 spiro atoms. The zero-order valence-corrected chi connectivity index (χ0v) is 10.7. The Balaban J connectivity index is 2.06. The molecule has 102 valence electrons. The Hall–Kier alpha value is -1.10. The third-order valence-electron chi connectivity index (χ3n) is 4.02. The van der Waals surface area contributed by atoms with Crippen LogP contribution in [0.15, 0.2) is 0 Å². The summed E-state index contributed by atoms with van der Waals surface area (Å²) in [5, 5.41) is 12.1. The number of rotatable bonds is 2. The van der Waals surface area contributed by atoms with Crippen molar-refractivity contribution < 1.29 is 14.7 Å². The van der Waals surface area contributed by atoms with E-state index in [1.54, 1.807) is 0 Å². The Kier molecular flexibility index (Phi) is 4.58. The Labute approximate surface area is 108 Å². The fourth-order valence-corrected chi connectivity index (χ4v) is 2.95. The minimum atomic E-state index is -0.809. The molecule has 0 aromatic heterocycles. The zero-order chi connectivity index (χ0) is 13.0. The summed E-state index contributed by atoms with van der Waals surface area (Å²) in [6, 6.07) is 0.252. The predicted molar refractivity (Wildman–Crippen MR) is 67.2 cm³/mol. The van der Waals surface area contributed by atoms with Crippen LogP contribution in [0.5, 0.6) is 0 Å². The van der Waals surface area contributed by atoms with Crippen LogP contribution in [0.2, 0.25) is 0 Å². The molecule has 1 unspecified atom stereocenters. The number of nitrogens with one attached hydrogen (secondary N) is 1. The molecule has 1 saturated heterocycles. The molecule has 2 fully saturated rings. The minimum Gasteiger partial charge on any atom is -0.481 e. The molecular formula is C13H22N2O3. The molecule has 5 heteroatoms. The first-order chi connectivity index (χ1) is 8.68. The fraction of sp³-hybridized carbons (Fsp3) is 0.846. The molecule has 2 N–H and O–H groups in total. The van der Waals surface area contributed by atoms with Gasteiger partial charge in [0.25, 0.3) is 0 Å². The summed E-state index contributed by atoms with van der Waals surface area (Å²) in [4.78, 5) is 25.0. The van der Waals surface area contributed by atoms with Gasteiger partial charge in [0.2, 0.25) is 5.91 Å². The van der Waals surface area contributed by atoms with Gasteiger partial charge in [-0.3, -0.25) is 9.59 Å². The second-order valence-corrected chi connectivity index (χ2v) is 5.36. The van der Waals surface area contributed by atoms with Crippen LogP contribution < -0.4 is 5.32 Å². The van der Waals surface area contributed by atoms with E-state index in [-0.39, 0.29) is 18.5 Å². The van der Waals surface area contributed by atoms with Crippen molar-refractivity contribution in [2.45, 2.75) is 44.6 Å². The molecule has 1 aliphatic carbocycles. The highest BCUT2D eigenvalue weighted by Crippen LogP contribution is 2.23. The number of carbonyl (C=O) groups is 2. The van der Waals surface area contributed by atoms with Crippen LogP contribution in [0.25, 0.3) is 0 Å². The Bertz CT molecular complexity index is 311. The maximum atomic E-state index is 12.1. The van der Waals surface area contributed by atoms with Gasteiger partial charge in [0.15, 0.2) is 0 Å². The third-order valence-corrected chi connectivity index (χ3v) is 4.02. The highest BCUT2D eigenvalue weighted by atomic mass is 16.4. The van der Waals surface area contributed by atoms with Crippen LogP contribution in [0.1, 0.15) is 38.5 Å². The van der Waals surface area contributed by atoms with Crippen molar-refractivity contribution in [3.8, 4) is 0 Å². The lowest BCUT2D eigenvalue weighted by molar-refractivity contribution is -0.143. The lowest BCUT2D eigenvalue weighted by Crippen LogP contribution is -2.44. The summed E-state index contributed by atoms with van der Waals surface area (Å²) >= 11 is 0. The lowest BCUT2D eigenvalue weighted by atomic mass is 10.0. The van der Waals surface area contributed by atoms with Gasteiger partial charge in [-0.25, -0.2) is 0 Å². The van der Waals surface area contributed by atoms with E-state index in [2.05, 4.69) is 5.32 Å². The summed E-state index contributed by atoms with van der Waals surface area (Å²) in [7, 11) is 0. The van der Waals surface area contributed by atoms with E-state index in [1.165, 1.54) is 12.8 Å².